The van der Waals surface area contributed by atoms with E-state index in [1.807, 2.05) is 13.8 Å². The Kier molecular flexibility index (Phi) is 9.30. The second kappa shape index (κ2) is 11.3. The molecule has 0 atom stereocenters. The highest BCUT2D eigenvalue weighted by Crippen LogP contribution is 2.32. The largest absolute Gasteiger partial charge is 0.302 e. The lowest BCUT2D eigenvalue weighted by molar-refractivity contribution is 0.0980. The van der Waals surface area contributed by atoms with Crippen molar-refractivity contribution in [3.05, 3.63) is 53.6 Å². The number of benzene rings is 2. The maximum atomic E-state index is 14.3. The lowest BCUT2D eigenvalue weighted by Gasteiger charge is -2.25. The number of amides is 1. The van der Waals surface area contributed by atoms with Crippen LogP contribution in [-0.4, -0.2) is 56.1 Å². The van der Waals surface area contributed by atoms with Crippen LogP contribution in [0.1, 0.15) is 31.1 Å². The average Bonchev–Trinajstić information content (AvgIpc) is 3.20. The number of hydrogen-bond donors (Lipinski definition) is 0. The SMILES string of the molecule is CCN(CC)CCN(C(=O)c1ccccc1S(=O)(=O)CC)c1nc2c(F)cc(F)cc2s1.Cl. The van der Waals surface area contributed by atoms with Crippen LogP contribution in [0.4, 0.5) is 13.9 Å². The predicted molar refractivity (Wildman–Crippen MR) is 130 cm³/mol. The van der Waals surface area contributed by atoms with Crippen LogP contribution in [0.15, 0.2) is 41.3 Å². The second-order valence-corrected chi connectivity index (χ2v) is 10.4. The molecule has 0 unspecified atom stereocenters. The van der Waals surface area contributed by atoms with Gasteiger partial charge in [0, 0.05) is 19.2 Å². The Labute approximate surface area is 202 Å². The fourth-order valence-corrected chi connectivity index (χ4v) is 5.46. The number of nitrogens with zero attached hydrogens (tertiary/aromatic N) is 3. The van der Waals surface area contributed by atoms with Gasteiger partial charge in [-0.3, -0.25) is 9.69 Å². The number of rotatable bonds is 9. The molecule has 3 aromatic rings. The average molecular weight is 518 g/mol. The molecule has 2 aromatic carbocycles. The summed E-state index contributed by atoms with van der Waals surface area (Å²) < 4.78 is 53.4. The number of aromatic nitrogens is 1. The lowest BCUT2D eigenvalue weighted by atomic mass is 10.2. The number of carbonyl (C=O) groups excluding carboxylic acids is 1. The molecule has 11 heteroatoms. The van der Waals surface area contributed by atoms with E-state index in [2.05, 4.69) is 9.88 Å². The molecule has 0 saturated carbocycles. The Morgan fingerprint density at radius 3 is 2.36 bits per heavy atom. The summed E-state index contributed by atoms with van der Waals surface area (Å²) in [7, 11) is -3.65. The van der Waals surface area contributed by atoms with E-state index in [1.165, 1.54) is 30.0 Å². The number of halogens is 3. The molecule has 3 rings (SSSR count). The topological polar surface area (TPSA) is 70.6 Å². The van der Waals surface area contributed by atoms with E-state index in [0.717, 1.165) is 30.5 Å². The zero-order valence-electron chi connectivity index (χ0n) is 18.5. The Balaban J connectivity index is 0.00000385. The monoisotopic (exact) mass is 517 g/mol. The van der Waals surface area contributed by atoms with Crippen LogP contribution in [0.2, 0.25) is 0 Å². The quantitative estimate of drug-likeness (QED) is 0.408. The summed E-state index contributed by atoms with van der Waals surface area (Å²) >= 11 is 0.989. The van der Waals surface area contributed by atoms with Gasteiger partial charge in [0.2, 0.25) is 0 Å². The third-order valence-corrected chi connectivity index (χ3v) is 8.06. The van der Waals surface area contributed by atoms with E-state index in [9.17, 15) is 22.0 Å². The van der Waals surface area contributed by atoms with Crippen molar-refractivity contribution < 1.29 is 22.0 Å². The summed E-state index contributed by atoms with van der Waals surface area (Å²) in [4.78, 5) is 21.2. The van der Waals surface area contributed by atoms with Gasteiger partial charge in [-0.25, -0.2) is 22.2 Å². The van der Waals surface area contributed by atoms with Gasteiger partial charge in [0.25, 0.3) is 5.91 Å². The minimum Gasteiger partial charge on any atom is -0.302 e. The summed E-state index contributed by atoms with van der Waals surface area (Å²) in [6.07, 6.45) is 0. The summed E-state index contributed by atoms with van der Waals surface area (Å²) in [6, 6.07) is 7.94. The highest BCUT2D eigenvalue weighted by molar-refractivity contribution is 7.91. The number of carbonyl (C=O) groups is 1. The van der Waals surface area contributed by atoms with Crippen LogP contribution in [0, 0.1) is 11.6 Å². The van der Waals surface area contributed by atoms with Crippen molar-refractivity contribution in [3.63, 3.8) is 0 Å². The number of thiazole rings is 1. The first-order valence-electron chi connectivity index (χ1n) is 10.3. The van der Waals surface area contributed by atoms with Gasteiger partial charge in [0.15, 0.2) is 20.8 Å². The van der Waals surface area contributed by atoms with Crippen molar-refractivity contribution in [2.24, 2.45) is 0 Å². The molecule has 0 bridgehead atoms. The zero-order chi connectivity index (χ0) is 23.5. The molecular formula is C22H26ClF2N3O3S2. The van der Waals surface area contributed by atoms with Crippen molar-refractivity contribution in [1.29, 1.82) is 0 Å². The number of sulfone groups is 1. The van der Waals surface area contributed by atoms with Crippen molar-refractivity contribution in [1.82, 2.24) is 9.88 Å². The third kappa shape index (κ3) is 5.87. The third-order valence-electron chi connectivity index (χ3n) is 5.24. The fourth-order valence-electron chi connectivity index (χ4n) is 3.34. The van der Waals surface area contributed by atoms with Crippen LogP contribution in [0.25, 0.3) is 10.2 Å². The molecule has 6 nitrogen and oxygen atoms in total. The van der Waals surface area contributed by atoms with Gasteiger partial charge in [0.05, 0.1) is 20.9 Å². The molecule has 1 amide bonds. The van der Waals surface area contributed by atoms with Crippen molar-refractivity contribution in [2.45, 2.75) is 25.7 Å². The minimum atomic E-state index is -3.65. The van der Waals surface area contributed by atoms with Gasteiger partial charge < -0.3 is 4.90 Å². The molecule has 0 spiro atoms. The zero-order valence-corrected chi connectivity index (χ0v) is 21.0. The van der Waals surface area contributed by atoms with E-state index >= 15 is 0 Å². The molecule has 0 fully saturated rings. The normalized spacial score (nSPS) is 11.6. The van der Waals surface area contributed by atoms with Crippen LogP contribution >= 0.6 is 23.7 Å². The van der Waals surface area contributed by atoms with Crippen molar-refractivity contribution in [3.8, 4) is 0 Å². The van der Waals surface area contributed by atoms with Gasteiger partial charge in [-0.15, -0.1) is 12.4 Å². The number of likely N-dealkylation sites (N-methyl/N-ethyl adjacent to an activating group) is 1. The molecule has 0 aliphatic heterocycles. The van der Waals surface area contributed by atoms with Crippen molar-refractivity contribution >= 4 is 54.8 Å². The number of anilines is 1. The summed E-state index contributed by atoms with van der Waals surface area (Å²) in [6.45, 7) is 7.75. The van der Waals surface area contributed by atoms with E-state index in [-0.39, 0.29) is 50.5 Å². The van der Waals surface area contributed by atoms with Gasteiger partial charge in [0.1, 0.15) is 11.3 Å². The molecule has 0 N–H and O–H groups in total. The second-order valence-electron chi connectivity index (χ2n) is 7.11. The molecule has 33 heavy (non-hydrogen) atoms. The Bertz CT molecular complexity index is 1230. The highest BCUT2D eigenvalue weighted by Gasteiger charge is 2.28. The van der Waals surface area contributed by atoms with Crippen LogP contribution in [-0.2, 0) is 9.84 Å². The van der Waals surface area contributed by atoms with Gasteiger partial charge >= 0.3 is 0 Å². The Morgan fingerprint density at radius 2 is 1.73 bits per heavy atom. The predicted octanol–water partition coefficient (Wildman–Crippen LogP) is 4.78. The first-order chi connectivity index (χ1) is 15.2. The number of hydrogen-bond acceptors (Lipinski definition) is 6. The van der Waals surface area contributed by atoms with Gasteiger partial charge in [-0.1, -0.05) is 44.2 Å². The van der Waals surface area contributed by atoms with Gasteiger partial charge in [-0.2, -0.15) is 0 Å². The lowest BCUT2D eigenvalue weighted by Crippen LogP contribution is -2.39. The highest BCUT2D eigenvalue weighted by atomic mass is 35.5. The summed E-state index contributed by atoms with van der Waals surface area (Å²) in [5.74, 6) is -2.24. The summed E-state index contributed by atoms with van der Waals surface area (Å²) in [5.41, 5.74) is 0.00121. The van der Waals surface area contributed by atoms with Gasteiger partial charge in [-0.05, 0) is 31.3 Å². The van der Waals surface area contributed by atoms with E-state index in [4.69, 9.17) is 0 Å². The standard InChI is InChI=1S/C22H25F2N3O3S2.ClH/c1-4-26(5-2)11-12-27(22-25-20-17(24)13-15(23)14-18(20)31-22)21(28)16-9-7-8-10-19(16)32(29,30)6-3;/h7-10,13-14H,4-6,11-12H2,1-3H3;1H. The maximum Gasteiger partial charge on any atom is 0.261 e. The summed E-state index contributed by atoms with van der Waals surface area (Å²) in [5, 5.41) is 0.186. The Hall–Kier alpha value is -2.14. The van der Waals surface area contributed by atoms with E-state index in [0.29, 0.717) is 6.54 Å². The smallest absolute Gasteiger partial charge is 0.261 e. The van der Waals surface area contributed by atoms with E-state index in [1.54, 1.807) is 12.1 Å². The molecule has 0 aliphatic carbocycles. The molecule has 180 valence electrons. The maximum absolute atomic E-state index is 14.3. The molecule has 0 radical (unpaired) electrons. The van der Waals surface area contributed by atoms with E-state index < -0.39 is 27.4 Å². The molecular weight excluding hydrogens is 492 g/mol. The van der Waals surface area contributed by atoms with Crippen LogP contribution in [0.5, 0.6) is 0 Å². The first-order valence-corrected chi connectivity index (χ1v) is 12.8. The van der Waals surface area contributed by atoms with Crippen LogP contribution in [0.3, 0.4) is 0 Å². The molecule has 1 heterocycles. The number of fused-ring (bicyclic) bond motifs is 1. The minimum absolute atomic E-state index is 0. The van der Waals surface area contributed by atoms with Crippen molar-refractivity contribution in [2.75, 3.05) is 36.8 Å². The molecule has 0 saturated heterocycles. The molecule has 1 aromatic heterocycles. The van der Waals surface area contributed by atoms with Crippen LogP contribution < -0.4 is 4.90 Å². The Morgan fingerprint density at radius 1 is 1.06 bits per heavy atom. The first kappa shape index (κ1) is 27.1. The molecule has 0 aliphatic rings. The fraction of sp³-hybridized carbons (Fsp3) is 0.364.